The topological polar surface area (TPSA) is 96.5 Å². The molecule has 0 radical (unpaired) electrons. The molecule has 0 bridgehead atoms. The molecule has 26 heavy (non-hydrogen) atoms. The van der Waals surface area contributed by atoms with Gasteiger partial charge in [0.2, 0.25) is 0 Å². The molecule has 1 amide bonds. The van der Waals surface area contributed by atoms with E-state index in [4.69, 9.17) is 4.52 Å². The molecule has 1 N–H and O–H groups in total. The molecular formula is C18H21N3O4S. The van der Waals surface area contributed by atoms with Crippen LogP contribution in [0.4, 0.5) is 0 Å². The lowest BCUT2D eigenvalue weighted by Gasteiger charge is -2.28. The highest BCUT2D eigenvalue weighted by Gasteiger charge is 2.57. The quantitative estimate of drug-likeness (QED) is 0.885. The number of carboxylic acid groups (broad SMARTS) is 1. The monoisotopic (exact) mass is 375 g/mol. The average molecular weight is 375 g/mol. The minimum atomic E-state index is -0.771. The Morgan fingerprint density at radius 1 is 1.27 bits per heavy atom. The number of hydrogen-bond acceptors (Lipinski definition) is 6. The second-order valence-electron chi connectivity index (χ2n) is 7.25. The highest BCUT2D eigenvalue weighted by atomic mass is 32.1. The van der Waals surface area contributed by atoms with Gasteiger partial charge >= 0.3 is 5.97 Å². The fraction of sp³-hybridized carbons (Fsp3) is 0.556. The summed E-state index contributed by atoms with van der Waals surface area (Å²) in [5.74, 6) is -0.196. The van der Waals surface area contributed by atoms with Crippen molar-refractivity contribution >= 4 is 23.2 Å². The van der Waals surface area contributed by atoms with E-state index in [2.05, 4.69) is 10.1 Å². The first-order valence-corrected chi connectivity index (χ1v) is 9.62. The summed E-state index contributed by atoms with van der Waals surface area (Å²) in [4.78, 5) is 31.9. The Bertz CT molecular complexity index is 883. The number of fused-ring (bicyclic) bond motifs is 1. The van der Waals surface area contributed by atoms with E-state index >= 15 is 0 Å². The molecule has 0 spiro atoms. The maximum Gasteiger partial charge on any atom is 0.311 e. The predicted octanol–water partition coefficient (Wildman–Crippen LogP) is 3.19. The molecule has 2 aromatic rings. The van der Waals surface area contributed by atoms with Crippen molar-refractivity contribution < 1.29 is 19.2 Å². The molecule has 8 heteroatoms. The first-order valence-electron chi connectivity index (χ1n) is 8.80. The van der Waals surface area contributed by atoms with Crippen molar-refractivity contribution in [3.05, 3.63) is 22.0 Å². The zero-order valence-corrected chi connectivity index (χ0v) is 15.9. The van der Waals surface area contributed by atoms with Crippen LogP contribution in [0.25, 0.3) is 10.6 Å². The Kier molecular flexibility index (Phi) is 3.91. The van der Waals surface area contributed by atoms with Crippen LogP contribution in [0.15, 0.2) is 4.52 Å². The van der Waals surface area contributed by atoms with Gasteiger partial charge in [0.1, 0.15) is 15.6 Å². The van der Waals surface area contributed by atoms with Gasteiger partial charge in [-0.1, -0.05) is 11.6 Å². The van der Waals surface area contributed by atoms with Gasteiger partial charge in [-0.2, -0.15) is 0 Å². The number of aryl methyl sites for hydroxylation is 3. The molecule has 2 aromatic heterocycles. The fourth-order valence-electron chi connectivity index (χ4n) is 4.50. The van der Waals surface area contributed by atoms with E-state index < -0.39 is 11.4 Å². The van der Waals surface area contributed by atoms with E-state index in [1.165, 1.54) is 11.3 Å². The van der Waals surface area contributed by atoms with Crippen molar-refractivity contribution in [2.45, 2.75) is 52.5 Å². The highest BCUT2D eigenvalue weighted by Crippen LogP contribution is 2.49. The van der Waals surface area contributed by atoms with Crippen LogP contribution in [0.1, 0.15) is 52.5 Å². The van der Waals surface area contributed by atoms with Gasteiger partial charge in [0.15, 0.2) is 0 Å². The zero-order chi connectivity index (χ0) is 18.6. The Hall–Kier alpha value is -2.22. The number of carbonyl (C=O) groups excluding carboxylic acids is 1. The van der Waals surface area contributed by atoms with Gasteiger partial charge < -0.3 is 14.5 Å². The maximum absolute atomic E-state index is 13.2. The molecule has 2 aliphatic rings. The Morgan fingerprint density at radius 2 is 2.04 bits per heavy atom. The van der Waals surface area contributed by atoms with Crippen LogP contribution in [-0.4, -0.2) is 44.6 Å². The summed E-state index contributed by atoms with van der Waals surface area (Å²) in [7, 11) is 0. The third-order valence-corrected chi connectivity index (χ3v) is 7.00. The van der Waals surface area contributed by atoms with E-state index in [9.17, 15) is 14.7 Å². The van der Waals surface area contributed by atoms with Crippen molar-refractivity contribution in [1.29, 1.82) is 0 Å². The van der Waals surface area contributed by atoms with Crippen molar-refractivity contribution in [3.63, 3.8) is 0 Å². The van der Waals surface area contributed by atoms with Gasteiger partial charge in [-0.05, 0) is 40.0 Å². The van der Waals surface area contributed by atoms with Crippen molar-refractivity contribution in [1.82, 2.24) is 15.0 Å². The molecule has 1 aliphatic carbocycles. The van der Waals surface area contributed by atoms with Crippen LogP contribution in [0.5, 0.6) is 0 Å². The third-order valence-electron chi connectivity index (χ3n) is 5.84. The minimum Gasteiger partial charge on any atom is -0.481 e. The highest BCUT2D eigenvalue weighted by molar-refractivity contribution is 7.17. The molecule has 2 atom stereocenters. The average Bonchev–Trinajstić information content (AvgIpc) is 3.30. The number of likely N-dealkylation sites (tertiary alicyclic amines) is 1. The summed E-state index contributed by atoms with van der Waals surface area (Å²) in [5, 5.41) is 14.4. The Labute approximate surface area is 155 Å². The van der Waals surface area contributed by atoms with Gasteiger partial charge in [-0.25, -0.2) is 4.98 Å². The van der Waals surface area contributed by atoms with Crippen LogP contribution >= 0.6 is 11.3 Å². The van der Waals surface area contributed by atoms with E-state index in [1.54, 1.807) is 4.90 Å². The van der Waals surface area contributed by atoms with Gasteiger partial charge in [-0.15, -0.1) is 11.3 Å². The fourth-order valence-corrected chi connectivity index (χ4v) is 5.66. The second kappa shape index (κ2) is 5.90. The largest absolute Gasteiger partial charge is 0.481 e. The van der Waals surface area contributed by atoms with E-state index in [0.29, 0.717) is 35.7 Å². The van der Waals surface area contributed by atoms with Crippen LogP contribution in [0.2, 0.25) is 0 Å². The van der Waals surface area contributed by atoms with Gasteiger partial charge in [0.25, 0.3) is 5.91 Å². The molecule has 0 unspecified atom stereocenters. The van der Waals surface area contributed by atoms with Gasteiger partial charge in [0, 0.05) is 12.6 Å². The summed E-state index contributed by atoms with van der Waals surface area (Å²) in [5.41, 5.74) is 1.48. The first-order chi connectivity index (χ1) is 12.3. The standard InChI is InChI=1S/C18H21N3O4S/c1-9-13(11(3)25-20-9)15-19-10(2)14(26-15)16(22)21-8-7-18(17(23)24)6-4-5-12(18)21/h12H,4-8H2,1-3H3,(H,23,24)/t12-,18+/m0/s1. The number of aliphatic carboxylic acids is 1. The number of carbonyl (C=O) groups is 2. The van der Waals surface area contributed by atoms with E-state index in [-0.39, 0.29) is 11.9 Å². The summed E-state index contributed by atoms with van der Waals surface area (Å²) in [6.45, 7) is 5.99. The molecular weight excluding hydrogens is 354 g/mol. The lowest BCUT2D eigenvalue weighted by atomic mass is 9.82. The molecule has 1 aliphatic heterocycles. The molecule has 4 rings (SSSR count). The first kappa shape index (κ1) is 17.2. The number of thiazole rings is 1. The second-order valence-corrected chi connectivity index (χ2v) is 8.25. The van der Waals surface area contributed by atoms with Gasteiger partial charge in [-0.3, -0.25) is 9.59 Å². The summed E-state index contributed by atoms with van der Waals surface area (Å²) in [6.07, 6.45) is 2.80. The number of aromatic nitrogens is 2. The number of hydrogen-bond donors (Lipinski definition) is 1. The Balaban J connectivity index is 1.67. The van der Waals surface area contributed by atoms with Crippen LogP contribution in [-0.2, 0) is 4.79 Å². The van der Waals surface area contributed by atoms with Crippen molar-refractivity contribution in [3.8, 4) is 10.6 Å². The summed E-state index contributed by atoms with van der Waals surface area (Å²) >= 11 is 1.33. The van der Waals surface area contributed by atoms with Crippen LogP contribution in [0.3, 0.4) is 0 Å². The molecule has 3 heterocycles. The zero-order valence-electron chi connectivity index (χ0n) is 15.0. The number of nitrogens with zero attached hydrogens (tertiary/aromatic N) is 3. The number of carboxylic acids is 1. The maximum atomic E-state index is 13.2. The molecule has 7 nitrogen and oxygen atoms in total. The lowest BCUT2D eigenvalue weighted by Crippen LogP contribution is -2.43. The van der Waals surface area contributed by atoms with Crippen LogP contribution < -0.4 is 0 Å². The SMILES string of the molecule is Cc1nc(-c2c(C)noc2C)sc1C(=O)N1CC[C@]2(C(=O)O)CCC[C@H]12. The molecule has 0 aromatic carbocycles. The normalized spacial score (nSPS) is 24.9. The summed E-state index contributed by atoms with van der Waals surface area (Å²) in [6, 6.07) is -0.212. The molecule has 1 saturated heterocycles. The summed E-state index contributed by atoms with van der Waals surface area (Å²) < 4.78 is 5.21. The number of amides is 1. The molecule has 2 fully saturated rings. The van der Waals surface area contributed by atoms with Crippen LogP contribution in [0, 0.1) is 26.2 Å². The molecule has 1 saturated carbocycles. The van der Waals surface area contributed by atoms with E-state index in [0.717, 1.165) is 29.1 Å². The minimum absolute atomic E-state index is 0.104. The lowest BCUT2D eigenvalue weighted by molar-refractivity contribution is -0.149. The smallest absolute Gasteiger partial charge is 0.311 e. The van der Waals surface area contributed by atoms with Crippen molar-refractivity contribution in [2.24, 2.45) is 5.41 Å². The van der Waals surface area contributed by atoms with Crippen molar-refractivity contribution in [2.75, 3.05) is 6.54 Å². The predicted molar refractivity (Wildman–Crippen MR) is 95.2 cm³/mol. The Morgan fingerprint density at radius 3 is 2.69 bits per heavy atom. The van der Waals surface area contributed by atoms with Gasteiger partial charge in [0.05, 0.1) is 22.4 Å². The number of rotatable bonds is 3. The van der Waals surface area contributed by atoms with E-state index in [1.807, 2.05) is 20.8 Å². The third kappa shape index (κ3) is 2.31. The molecule has 138 valence electrons.